The lowest BCUT2D eigenvalue weighted by Crippen LogP contribution is -2.30. The highest BCUT2D eigenvalue weighted by Crippen LogP contribution is 2.19. The molecule has 19 heavy (non-hydrogen) atoms. The molecular formula is C14H16BrNO3. The monoisotopic (exact) mass is 325 g/mol. The number of hydrogen-bond donors (Lipinski definition) is 0. The zero-order valence-corrected chi connectivity index (χ0v) is 12.4. The van der Waals surface area contributed by atoms with E-state index < -0.39 is 0 Å². The number of nitrogens with zero attached hydrogens (tertiary/aromatic N) is 1. The molecule has 0 aliphatic rings. The highest BCUT2D eigenvalue weighted by atomic mass is 79.9. The Labute approximate surface area is 120 Å². The van der Waals surface area contributed by atoms with Crippen LogP contribution in [0, 0.1) is 0 Å². The van der Waals surface area contributed by atoms with Crippen LogP contribution >= 0.6 is 15.9 Å². The van der Waals surface area contributed by atoms with Crippen molar-refractivity contribution in [3.8, 4) is 0 Å². The van der Waals surface area contributed by atoms with Gasteiger partial charge in [-0.1, -0.05) is 34.1 Å². The smallest absolute Gasteiger partial charge is 0.289 e. The van der Waals surface area contributed by atoms with Crippen molar-refractivity contribution in [2.75, 3.05) is 32.1 Å². The molecule has 5 heteroatoms. The molecule has 1 aromatic heterocycles. The molecule has 2 rings (SSSR count). The van der Waals surface area contributed by atoms with E-state index in [1.165, 1.54) is 0 Å². The SMILES string of the molecule is CN(CCOCCBr)C(=O)c1cc2ccccc2o1. The van der Waals surface area contributed by atoms with E-state index in [0.717, 1.165) is 16.3 Å². The van der Waals surface area contributed by atoms with E-state index >= 15 is 0 Å². The number of benzene rings is 1. The van der Waals surface area contributed by atoms with E-state index in [9.17, 15) is 4.79 Å². The zero-order valence-electron chi connectivity index (χ0n) is 10.8. The van der Waals surface area contributed by atoms with Crippen LogP contribution in [0.25, 0.3) is 11.0 Å². The number of halogens is 1. The van der Waals surface area contributed by atoms with Gasteiger partial charge in [-0.15, -0.1) is 0 Å². The Balaban J connectivity index is 1.98. The number of ether oxygens (including phenoxy) is 1. The van der Waals surface area contributed by atoms with Gasteiger partial charge in [0.1, 0.15) is 5.58 Å². The predicted molar refractivity (Wildman–Crippen MR) is 77.8 cm³/mol. The minimum absolute atomic E-state index is 0.126. The minimum Gasteiger partial charge on any atom is -0.451 e. The lowest BCUT2D eigenvalue weighted by atomic mass is 10.2. The Morgan fingerprint density at radius 1 is 1.37 bits per heavy atom. The van der Waals surface area contributed by atoms with E-state index in [1.54, 1.807) is 18.0 Å². The van der Waals surface area contributed by atoms with Crippen molar-refractivity contribution in [2.24, 2.45) is 0 Å². The molecule has 0 saturated carbocycles. The molecule has 0 aliphatic carbocycles. The normalized spacial score (nSPS) is 10.8. The number of alkyl halides is 1. The number of furan rings is 1. The number of likely N-dealkylation sites (N-methyl/N-ethyl adjacent to an activating group) is 1. The molecular weight excluding hydrogens is 310 g/mol. The summed E-state index contributed by atoms with van der Waals surface area (Å²) in [6.45, 7) is 1.71. The lowest BCUT2D eigenvalue weighted by Gasteiger charge is -2.15. The molecule has 0 saturated heterocycles. The molecule has 0 bridgehead atoms. The minimum atomic E-state index is -0.126. The van der Waals surface area contributed by atoms with E-state index in [2.05, 4.69) is 15.9 Å². The second kappa shape index (κ2) is 6.73. The summed E-state index contributed by atoms with van der Waals surface area (Å²) in [5, 5.41) is 1.74. The molecule has 2 aromatic rings. The van der Waals surface area contributed by atoms with Crippen molar-refractivity contribution >= 4 is 32.8 Å². The number of fused-ring (bicyclic) bond motifs is 1. The van der Waals surface area contributed by atoms with Crippen molar-refractivity contribution in [1.82, 2.24) is 4.90 Å². The molecule has 0 unspecified atom stereocenters. The van der Waals surface area contributed by atoms with Crippen LogP contribution in [0.3, 0.4) is 0 Å². The van der Waals surface area contributed by atoms with Crippen LogP contribution in [-0.2, 0) is 4.74 Å². The molecule has 1 aromatic carbocycles. The van der Waals surface area contributed by atoms with E-state index in [4.69, 9.17) is 9.15 Å². The Bertz CT molecular complexity index is 519. The molecule has 0 spiro atoms. The standard InChI is InChI=1S/C14H16BrNO3/c1-16(7-9-18-8-6-15)14(17)13-10-11-4-2-3-5-12(11)19-13/h2-5,10H,6-9H2,1H3. The molecule has 102 valence electrons. The molecule has 1 amide bonds. The van der Waals surface area contributed by atoms with Crippen molar-refractivity contribution in [1.29, 1.82) is 0 Å². The highest BCUT2D eigenvalue weighted by molar-refractivity contribution is 9.09. The maximum absolute atomic E-state index is 12.1. The van der Waals surface area contributed by atoms with Gasteiger partial charge in [0.2, 0.25) is 0 Å². The Hall–Kier alpha value is -1.33. The predicted octanol–water partition coefficient (Wildman–Crippen LogP) is 2.92. The van der Waals surface area contributed by atoms with Gasteiger partial charge < -0.3 is 14.1 Å². The van der Waals surface area contributed by atoms with E-state index in [0.29, 0.717) is 25.5 Å². The summed E-state index contributed by atoms with van der Waals surface area (Å²) in [5.41, 5.74) is 0.731. The number of carbonyl (C=O) groups is 1. The van der Waals surface area contributed by atoms with Gasteiger partial charge in [0.15, 0.2) is 5.76 Å². The summed E-state index contributed by atoms with van der Waals surface area (Å²) in [5.74, 6) is 0.239. The largest absolute Gasteiger partial charge is 0.451 e. The fourth-order valence-electron chi connectivity index (χ4n) is 1.74. The van der Waals surface area contributed by atoms with Crippen molar-refractivity contribution in [3.63, 3.8) is 0 Å². The molecule has 0 N–H and O–H groups in total. The Morgan fingerprint density at radius 2 is 2.16 bits per heavy atom. The average molecular weight is 326 g/mol. The summed E-state index contributed by atoms with van der Waals surface area (Å²) in [6, 6.07) is 9.36. The molecule has 4 nitrogen and oxygen atoms in total. The van der Waals surface area contributed by atoms with E-state index in [-0.39, 0.29) is 5.91 Å². The van der Waals surface area contributed by atoms with Crippen LogP contribution in [0.2, 0.25) is 0 Å². The molecule has 0 radical (unpaired) electrons. The molecule has 0 atom stereocenters. The second-order valence-electron chi connectivity index (χ2n) is 4.18. The summed E-state index contributed by atoms with van der Waals surface area (Å²) in [4.78, 5) is 13.7. The third-order valence-electron chi connectivity index (χ3n) is 2.78. The lowest BCUT2D eigenvalue weighted by molar-refractivity contribution is 0.0686. The van der Waals surface area contributed by atoms with Crippen LogP contribution < -0.4 is 0 Å². The van der Waals surface area contributed by atoms with Crippen molar-refractivity contribution in [2.45, 2.75) is 0 Å². The average Bonchev–Trinajstić information content (AvgIpc) is 2.86. The first-order valence-electron chi connectivity index (χ1n) is 6.10. The topological polar surface area (TPSA) is 42.7 Å². The number of amides is 1. The van der Waals surface area contributed by atoms with Gasteiger partial charge in [0, 0.05) is 24.3 Å². The number of hydrogen-bond acceptors (Lipinski definition) is 3. The fourth-order valence-corrected chi connectivity index (χ4v) is 1.96. The fraction of sp³-hybridized carbons (Fsp3) is 0.357. The van der Waals surface area contributed by atoms with Crippen LogP contribution in [0.1, 0.15) is 10.6 Å². The third-order valence-corrected chi connectivity index (χ3v) is 3.10. The second-order valence-corrected chi connectivity index (χ2v) is 4.97. The first-order chi connectivity index (χ1) is 9.22. The van der Waals surface area contributed by atoms with Gasteiger partial charge in [-0.3, -0.25) is 4.79 Å². The third kappa shape index (κ3) is 3.58. The molecule has 1 heterocycles. The first-order valence-corrected chi connectivity index (χ1v) is 7.22. The van der Waals surface area contributed by atoms with Crippen molar-refractivity contribution in [3.05, 3.63) is 36.1 Å². The van der Waals surface area contributed by atoms with Gasteiger partial charge in [0.05, 0.1) is 13.2 Å². The van der Waals surface area contributed by atoms with Crippen LogP contribution in [0.15, 0.2) is 34.7 Å². The summed E-state index contributed by atoms with van der Waals surface area (Å²) in [7, 11) is 1.74. The molecule has 0 aliphatic heterocycles. The Morgan fingerprint density at radius 3 is 2.89 bits per heavy atom. The maximum Gasteiger partial charge on any atom is 0.289 e. The van der Waals surface area contributed by atoms with Crippen LogP contribution in [0.5, 0.6) is 0 Å². The summed E-state index contributed by atoms with van der Waals surface area (Å²) < 4.78 is 10.9. The van der Waals surface area contributed by atoms with Gasteiger partial charge >= 0.3 is 0 Å². The van der Waals surface area contributed by atoms with Gasteiger partial charge in [-0.2, -0.15) is 0 Å². The summed E-state index contributed by atoms with van der Waals surface area (Å²) >= 11 is 3.28. The van der Waals surface area contributed by atoms with Gasteiger partial charge in [-0.05, 0) is 12.1 Å². The van der Waals surface area contributed by atoms with E-state index in [1.807, 2.05) is 24.3 Å². The molecule has 0 fully saturated rings. The number of carbonyl (C=O) groups excluding carboxylic acids is 1. The van der Waals surface area contributed by atoms with Crippen LogP contribution in [-0.4, -0.2) is 42.9 Å². The van der Waals surface area contributed by atoms with Gasteiger partial charge in [0.25, 0.3) is 5.91 Å². The zero-order chi connectivity index (χ0) is 13.7. The number of rotatable bonds is 6. The number of para-hydroxylation sites is 1. The van der Waals surface area contributed by atoms with Crippen molar-refractivity contribution < 1.29 is 13.9 Å². The Kier molecular flexibility index (Phi) is 4.99. The quantitative estimate of drug-likeness (QED) is 0.605. The van der Waals surface area contributed by atoms with Gasteiger partial charge in [-0.25, -0.2) is 0 Å². The summed E-state index contributed by atoms with van der Waals surface area (Å²) in [6.07, 6.45) is 0. The van der Waals surface area contributed by atoms with Crippen LogP contribution in [0.4, 0.5) is 0 Å². The maximum atomic E-state index is 12.1. The first kappa shape index (κ1) is 14.1. The highest BCUT2D eigenvalue weighted by Gasteiger charge is 2.16.